The van der Waals surface area contributed by atoms with Gasteiger partial charge < -0.3 is 14.8 Å². The van der Waals surface area contributed by atoms with E-state index in [9.17, 15) is 9.18 Å². The van der Waals surface area contributed by atoms with Crippen molar-refractivity contribution < 1.29 is 9.18 Å². The van der Waals surface area contributed by atoms with Gasteiger partial charge in [-0.2, -0.15) is 0 Å². The fraction of sp³-hybridized carbons (Fsp3) is 0.471. The summed E-state index contributed by atoms with van der Waals surface area (Å²) in [6.07, 6.45) is 3.13. The van der Waals surface area contributed by atoms with Gasteiger partial charge in [0.2, 0.25) is 0 Å². The minimum absolute atomic E-state index is 0.0102. The maximum absolute atomic E-state index is 13.3. The molecule has 1 aromatic carbocycles. The molecule has 1 fully saturated rings. The zero-order valence-corrected chi connectivity index (χ0v) is 13.1. The highest BCUT2D eigenvalue weighted by molar-refractivity contribution is 5.98. The lowest BCUT2D eigenvalue weighted by atomic mass is 10.1. The second-order valence-corrected chi connectivity index (χ2v) is 6.26. The van der Waals surface area contributed by atoms with Crippen LogP contribution in [0.1, 0.15) is 29.8 Å². The van der Waals surface area contributed by atoms with Crippen molar-refractivity contribution in [2.75, 3.05) is 27.2 Å². The Morgan fingerprint density at radius 2 is 2.09 bits per heavy atom. The van der Waals surface area contributed by atoms with E-state index in [1.807, 2.05) is 4.90 Å². The molecule has 2 aromatic rings. The van der Waals surface area contributed by atoms with Crippen molar-refractivity contribution in [1.29, 1.82) is 0 Å². The molecule has 5 heteroatoms. The van der Waals surface area contributed by atoms with Crippen LogP contribution in [-0.4, -0.2) is 53.9 Å². The van der Waals surface area contributed by atoms with Gasteiger partial charge in [-0.05, 0) is 57.6 Å². The number of aromatic nitrogens is 1. The fourth-order valence-electron chi connectivity index (χ4n) is 3.19. The first-order valence-electron chi connectivity index (χ1n) is 7.78. The van der Waals surface area contributed by atoms with E-state index < -0.39 is 0 Å². The molecule has 0 saturated carbocycles. The summed E-state index contributed by atoms with van der Waals surface area (Å²) in [4.78, 5) is 19.9. The van der Waals surface area contributed by atoms with Crippen molar-refractivity contribution in [2.45, 2.75) is 25.3 Å². The third-order valence-corrected chi connectivity index (χ3v) is 4.53. The first kappa shape index (κ1) is 15.0. The number of hydrogen-bond donors (Lipinski definition) is 1. The summed E-state index contributed by atoms with van der Waals surface area (Å²) < 4.78 is 13.3. The summed E-state index contributed by atoms with van der Waals surface area (Å²) in [6.45, 7) is 1.55. The zero-order valence-electron chi connectivity index (χ0n) is 13.1. The minimum Gasteiger partial charge on any atom is -0.351 e. The Kier molecular flexibility index (Phi) is 4.16. The summed E-state index contributed by atoms with van der Waals surface area (Å²) in [7, 11) is 4.18. The monoisotopic (exact) mass is 303 g/mol. The van der Waals surface area contributed by atoms with Crippen molar-refractivity contribution >= 4 is 16.8 Å². The number of nitrogens with zero attached hydrogens (tertiary/aromatic N) is 2. The third-order valence-electron chi connectivity index (χ3n) is 4.53. The number of benzene rings is 1. The Morgan fingerprint density at radius 1 is 1.27 bits per heavy atom. The van der Waals surface area contributed by atoms with Crippen LogP contribution in [0.3, 0.4) is 0 Å². The third kappa shape index (κ3) is 2.99. The van der Waals surface area contributed by atoms with Crippen molar-refractivity contribution in [1.82, 2.24) is 14.8 Å². The molecule has 0 aliphatic carbocycles. The molecule has 0 spiro atoms. The second kappa shape index (κ2) is 6.08. The van der Waals surface area contributed by atoms with Crippen molar-refractivity contribution in [3.63, 3.8) is 0 Å². The van der Waals surface area contributed by atoms with E-state index in [1.54, 1.807) is 12.1 Å². The van der Waals surface area contributed by atoms with Crippen LogP contribution >= 0.6 is 0 Å². The molecule has 1 amide bonds. The Labute approximate surface area is 129 Å². The van der Waals surface area contributed by atoms with Gasteiger partial charge >= 0.3 is 0 Å². The number of halogens is 1. The zero-order chi connectivity index (χ0) is 15.7. The van der Waals surface area contributed by atoms with Gasteiger partial charge in [0.25, 0.3) is 5.91 Å². The highest BCUT2D eigenvalue weighted by Gasteiger charge is 2.23. The van der Waals surface area contributed by atoms with Gasteiger partial charge in [0.15, 0.2) is 0 Å². The first-order valence-corrected chi connectivity index (χ1v) is 7.78. The van der Waals surface area contributed by atoms with E-state index >= 15 is 0 Å². The number of hydrogen-bond acceptors (Lipinski definition) is 2. The van der Waals surface area contributed by atoms with E-state index in [2.05, 4.69) is 24.0 Å². The van der Waals surface area contributed by atoms with Crippen LogP contribution in [0.25, 0.3) is 10.9 Å². The molecule has 4 nitrogen and oxygen atoms in total. The molecule has 1 aliphatic heterocycles. The molecule has 1 saturated heterocycles. The summed E-state index contributed by atoms with van der Waals surface area (Å²) in [6, 6.07) is 6.81. The second-order valence-electron chi connectivity index (χ2n) is 6.26. The highest BCUT2D eigenvalue weighted by atomic mass is 19.1. The van der Waals surface area contributed by atoms with Crippen LogP contribution in [0.5, 0.6) is 0 Å². The molecule has 0 radical (unpaired) electrons. The topological polar surface area (TPSA) is 39.3 Å². The van der Waals surface area contributed by atoms with Crippen molar-refractivity contribution in [3.8, 4) is 0 Å². The van der Waals surface area contributed by atoms with Gasteiger partial charge in [0, 0.05) is 30.0 Å². The molecule has 1 aromatic heterocycles. The van der Waals surface area contributed by atoms with Crippen molar-refractivity contribution in [2.24, 2.45) is 0 Å². The Bertz CT molecular complexity index is 680. The van der Waals surface area contributed by atoms with Crippen LogP contribution < -0.4 is 0 Å². The predicted molar refractivity (Wildman–Crippen MR) is 85.5 cm³/mol. The van der Waals surface area contributed by atoms with Gasteiger partial charge in [-0.15, -0.1) is 0 Å². The number of fused-ring (bicyclic) bond motifs is 1. The summed E-state index contributed by atoms with van der Waals surface area (Å²) in [5.74, 6) is -0.273. The molecular formula is C17H22FN3O. The van der Waals surface area contributed by atoms with E-state index in [-0.39, 0.29) is 11.7 Å². The minimum atomic E-state index is -0.283. The van der Waals surface area contributed by atoms with Gasteiger partial charge in [0.1, 0.15) is 11.5 Å². The van der Waals surface area contributed by atoms with E-state index in [0.29, 0.717) is 11.7 Å². The number of nitrogens with one attached hydrogen (secondary N) is 1. The maximum atomic E-state index is 13.3. The van der Waals surface area contributed by atoms with Crippen LogP contribution in [0.15, 0.2) is 24.3 Å². The molecular weight excluding hydrogens is 281 g/mol. The molecule has 0 unspecified atom stereocenters. The number of H-pyrrole nitrogens is 1. The van der Waals surface area contributed by atoms with Gasteiger partial charge in [-0.1, -0.05) is 0 Å². The number of carbonyl (C=O) groups is 1. The Hall–Kier alpha value is -1.88. The van der Waals surface area contributed by atoms with E-state index in [0.717, 1.165) is 43.3 Å². The summed E-state index contributed by atoms with van der Waals surface area (Å²) >= 11 is 0. The molecule has 1 N–H and O–H groups in total. The smallest absolute Gasteiger partial charge is 0.270 e. The molecule has 2 heterocycles. The molecule has 1 atom stereocenters. The maximum Gasteiger partial charge on any atom is 0.270 e. The lowest BCUT2D eigenvalue weighted by Crippen LogP contribution is -2.34. The molecule has 0 bridgehead atoms. The highest BCUT2D eigenvalue weighted by Crippen LogP contribution is 2.20. The first-order chi connectivity index (χ1) is 10.5. The number of amides is 1. The Balaban J connectivity index is 1.77. The van der Waals surface area contributed by atoms with Crippen LogP contribution in [0.4, 0.5) is 4.39 Å². The summed E-state index contributed by atoms with van der Waals surface area (Å²) in [5, 5.41) is 0.740. The number of carbonyl (C=O) groups excluding carboxylic acids is 1. The van der Waals surface area contributed by atoms with Crippen LogP contribution in [0.2, 0.25) is 0 Å². The standard InChI is InChI=1S/C17H22FN3O/c1-20(2)14-4-3-8-21(9-7-14)17(22)16-11-12-10-13(18)5-6-15(12)19-16/h5-6,10-11,14,19H,3-4,7-9H2,1-2H3/t14-/m1/s1. The number of rotatable bonds is 2. The predicted octanol–water partition coefficient (Wildman–Crippen LogP) is 2.86. The largest absolute Gasteiger partial charge is 0.351 e. The van der Waals surface area contributed by atoms with Crippen LogP contribution in [0, 0.1) is 5.82 Å². The average Bonchev–Trinajstić information content (AvgIpc) is 2.74. The lowest BCUT2D eigenvalue weighted by molar-refractivity contribution is 0.0753. The van der Waals surface area contributed by atoms with Crippen LogP contribution in [-0.2, 0) is 0 Å². The number of likely N-dealkylation sites (tertiary alicyclic amines) is 1. The van der Waals surface area contributed by atoms with Gasteiger partial charge in [-0.3, -0.25) is 4.79 Å². The quantitative estimate of drug-likeness (QED) is 0.926. The average molecular weight is 303 g/mol. The molecule has 1 aliphatic rings. The van der Waals surface area contributed by atoms with Gasteiger partial charge in [0.05, 0.1) is 0 Å². The SMILES string of the molecule is CN(C)[C@@H]1CCCN(C(=O)c2cc3cc(F)ccc3[nH]2)CC1. The molecule has 22 heavy (non-hydrogen) atoms. The normalized spacial score (nSPS) is 19.6. The van der Waals surface area contributed by atoms with E-state index in [4.69, 9.17) is 0 Å². The lowest BCUT2D eigenvalue weighted by Gasteiger charge is -2.23. The molecule has 118 valence electrons. The van der Waals surface area contributed by atoms with E-state index in [1.165, 1.54) is 12.1 Å². The van der Waals surface area contributed by atoms with Crippen molar-refractivity contribution in [3.05, 3.63) is 35.8 Å². The summed E-state index contributed by atoms with van der Waals surface area (Å²) in [5.41, 5.74) is 1.34. The van der Waals surface area contributed by atoms with Gasteiger partial charge in [-0.25, -0.2) is 4.39 Å². The molecule has 3 rings (SSSR count). The number of aromatic amines is 1. The fourth-order valence-corrected chi connectivity index (χ4v) is 3.19. The Morgan fingerprint density at radius 3 is 2.86 bits per heavy atom.